The topological polar surface area (TPSA) is 160 Å². The molecule has 26 heavy (non-hydrogen) atoms. The number of benzene rings is 1. The van der Waals surface area contributed by atoms with Gasteiger partial charge in [0, 0.05) is 7.05 Å². The zero-order valence-electron chi connectivity index (χ0n) is 13.8. The van der Waals surface area contributed by atoms with Crippen LogP contribution in [-0.4, -0.2) is 50.6 Å². The van der Waals surface area contributed by atoms with Crippen LogP contribution in [0.4, 0.5) is 5.69 Å². The Bertz CT molecular complexity index is 1080. The summed E-state index contributed by atoms with van der Waals surface area (Å²) in [5.41, 5.74) is 0.584. The highest BCUT2D eigenvalue weighted by molar-refractivity contribution is 7.91. The lowest BCUT2D eigenvalue weighted by atomic mass is 10.3. The van der Waals surface area contributed by atoms with Gasteiger partial charge in [-0.25, -0.2) is 17.3 Å². The fourth-order valence-corrected chi connectivity index (χ4v) is 3.60. The van der Waals surface area contributed by atoms with E-state index in [1.807, 2.05) is 0 Å². The van der Waals surface area contributed by atoms with Crippen molar-refractivity contribution >= 4 is 25.9 Å². The maximum Gasteiger partial charge on any atom is 0.397 e. The summed E-state index contributed by atoms with van der Waals surface area (Å²) in [6.07, 6.45) is 0. The van der Waals surface area contributed by atoms with Crippen LogP contribution in [0, 0.1) is 6.92 Å². The highest BCUT2D eigenvalue weighted by Gasteiger charge is 2.17. The fourth-order valence-electron chi connectivity index (χ4n) is 2.11. The third-order valence-corrected chi connectivity index (χ3v) is 5.44. The van der Waals surface area contributed by atoms with E-state index in [9.17, 15) is 21.6 Å². The van der Waals surface area contributed by atoms with Gasteiger partial charge in [0.2, 0.25) is 0 Å². The van der Waals surface area contributed by atoms with E-state index >= 15 is 0 Å². The van der Waals surface area contributed by atoms with Gasteiger partial charge in [0.25, 0.3) is 5.56 Å². The molecule has 1 heterocycles. The highest BCUT2D eigenvalue weighted by Crippen LogP contribution is 2.17. The largest absolute Gasteiger partial charge is 0.397 e. The van der Waals surface area contributed by atoms with Crippen molar-refractivity contribution in [3.63, 3.8) is 0 Å². The first kappa shape index (κ1) is 20.0. The van der Waals surface area contributed by atoms with Gasteiger partial charge in [0.1, 0.15) is 0 Å². The number of sulfone groups is 1. The molecule has 0 saturated heterocycles. The second-order valence-electron chi connectivity index (χ2n) is 5.09. The van der Waals surface area contributed by atoms with Gasteiger partial charge in [-0.05, 0) is 31.2 Å². The van der Waals surface area contributed by atoms with E-state index in [1.165, 1.54) is 36.0 Å². The molecule has 0 amide bonds. The Labute approximate surface area is 149 Å². The van der Waals surface area contributed by atoms with Crippen LogP contribution in [0.3, 0.4) is 0 Å². The van der Waals surface area contributed by atoms with E-state index < -0.39 is 38.2 Å². The minimum Gasteiger partial charge on any atom is -0.293 e. The van der Waals surface area contributed by atoms with Crippen LogP contribution in [0.25, 0.3) is 5.69 Å². The lowest BCUT2D eigenvalue weighted by Crippen LogP contribution is -2.16. The molecule has 0 aliphatic heterocycles. The van der Waals surface area contributed by atoms with Gasteiger partial charge in [-0.1, -0.05) is 0 Å². The molecule has 1 aromatic heterocycles. The quantitative estimate of drug-likeness (QED) is 0.509. The summed E-state index contributed by atoms with van der Waals surface area (Å²) in [7, 11) is -7.11. The molecule has 11 nitrogen and oxygen atoms in total. The molecule has 0 saturated carbocycles. The third-order valence-electron chi connectivity index (χ3n) is 3.28. The van der Waals surface area contributed by atoms with Gasteiger partial charge in [-0.2, -0.15) is 13.5 Å². The number of azo groups is 1. The SMILES string of the molecule is CN=Nc1c(C)[nH]n(-c2ccc(S(=O)(=O)CCOS(=O)(=O)O)cc2)c1=O. The molecule has 0 aliphatic rings. The number of aromatic nitrogens is 2. The van der Waals surface area contributed by atoms with Gasteiger partial charge in [-0.15, -0.1) is 5.11 Å². The lowest BCUT2D eigenvalue weighted by molar-refractivity contribution is 0.284. The smallest absolute Gasteiger partial charge is 0.293 e. The number of aromatic amines is 1. The standard InChI is InChI=1S/C13H16N4O7S2/c1-9-12(15-14-2)13(18)17(16-9)10-3-5-11(6-4-10)25(19,20)8-7-24-26(21,22)23/h3-6,16H,7-8H2,1-2H3,(H,21,22,23). The first-order valence-corrected chi connectivity index (χ1v) is 10.1. The maximum atomic E-state index is 12.3. The predicted molar refractivity (Wildman–Crippen MR) is 91.1 cm³/mol. The molecule has 13 heteroatoms. The number of H-pyrrole nitrogens is 1. The molecule has 0 aliphatic carbocycles. The van der Waals surface area contributed by atoms with E-state index in [-0.39, 0.29) is 10.6 Å². The molecule has 0 atom stereocenters. The number of nitrogens with zero attached hydrogens (tertiary/aromatic N) is 3. The van der Waals surface area contributed by atoms with E-state index in [1.54, 1.807) is 6.92 Å². The molecule has 0 unspecified atom stereocenters. The van der Waals surface area contributed by atoms with Crippen molar-refractivity contribution < 1.29 is 25.6 Å². The van der Waals surface area contributed by atoms with Crippen molar-refractivity contribution in [2.45, 2.75) is 11.8 Å². The van der Waals surface area contributed by atoms with Gasteiger partial charge in [-0.3, -0.25) is 14.4 Å². The molecule has 0 bridgehead atoms. The zero-order chi connectivity index (χ0) is 19.5. The number of aryl methyl sites for hydroxylation is 1. The van der Waals surface area contributed by atoms with Crippen molar-refractivity contribution in [1.82, 2.24) is 9.78 Å². The molecule has 0 radical (unpaired) electrons. The Morgan fingerprint density at radius 1 is 1.19 bits per heavy atom. The average Bonchev–Trinajstić information content (AvgIpc) is 2.82. The van der Waals surface area contributed by atoms with E-state index in [0.717, 1.165) is 0 Å². The van der Waals surface area contributed by atoms with E-state index in [4.69, 9.17) is 4.55 Å². The minimum absolute atomic E-state index is 0.0926. The highest BCUT2D eigenvalue weighted by atomic mass is 32.3. The summed E-state index contributed by atoms with van der Waals surface area (Å²) in [6.45, 7) is 0.930. The molecule has 1 aromatic carbocycles. The normalized spacial score (nSPS) is 12.7. The molecular formula is C13H16N4O7S2. The second-order valence-corrected chi connectivity index (χ2v) is 8.29. The van der Waals surface area contributed by atoms with Crippen LogP contribution in [0.15, 0.2) is 44.2 Å². The molecule has 0 fully saturated rings. The van der Waals surface area contributed by atoms with Crippen LogP contribution in [-0.2, 0) is 24.4 Å². The minimum atomic E-state index is -4.71. The van der Waals surface area contributed by atoms with Gasteiger partial charge in [0.15, 0.2) is 15.5 Å². The van der Waals surface area contributed by atoms with Gasteiger partial charge in [0.05, 0.1) is 28.6 Å². The lowest BCUT2D eigenvalue weighted by Gasteiger charge is -2.06. The van der Waals surface area contributed by atoms with Gasteiger partial charge < -0.3 is 0 Å². The summed E-state index contributed by atoms with van der Waals surface area (Å²) in [5.74, 6) is -0.644. The summed E-state index contributed by atoms with van der Waals surface area (Å²) >= 11 is 0. The van der Waals surface area contributed by atoms with Crippen LogP contribution in [0.5, 0.6) is 0 Å². The summed E-state index contributed by atoms with van der Waals surface area (Å²) in [5, 5.41) is 10.1. The molecule has 2 aromatic rings. The molecule has 142 valence electrons. The van der Waals surface area contributed by atoms with Crippen molar-refractivity contribution in [1.29, 1.82) is 0 Å². The van der Waals surface area contributed by atoms with Crippen molar-refractivity contribution in [3.05, 3.63) is 40.3 Å². The molecule has 0 spiro atoms. The van der Waals surface area contributed by atoms with Gasteiger partial charge >= 0.3 is 10.4 Å². The molecule has 2 rings (SSSR count). The van der Waals surface area contributed by atoms with E-state index in [0.29, 0.717) is 11.4 Å². The van der Waals surface area contributed by atoms with E-state index in [2.05, 4.69) is 19.5 Å². The molecular weight excluding hydrogens is 388 g/mol. The summed E-state index contributed by atoms with van der Waals surface area (Å²) in [6, 6.07) is 5.34. The Morgan fingerprint density at radius 3 is 2.35 bits per heavy atom. The van der Waals surface area contributed by atoms with Crippen LogP contribution < -0.4 is 5.56 Å². The number of nitrogens with one attached hydrogen (secondary N) is 1. The fraction of sp³-hybridized carbons (Fsp3) is 0.308. The first-order chi connectivity index (χ1) is 12.0. The Kier molecular flexibility index (Phi) is 5.75. The third kappa shape index (κ3) is 4.63. The van der Waals surface area contributed by atoms with Crippen LogP contribution in [0.1, 0.15) is 5.69 Å². The molecule has 2 N–H and O–H groups in total. The Morgan fingerprint density at radius 2 is 1.81 bits per heavy atom. The van der Waals surface area contributed by atoms with Crippen molar-refractivity contribution in [2.75, 3.05) is 19.4 Å². The second kappa shape index (κ2) is 7.49. The monoisotopic (exact) mass is 404 g/mol. The predicted octanol–water partition coefficient (Wildman–Crippen LogP) is 0.781. The number of hydrogen-bond donors (Lipinski definition) is 2. The Balaban J connectivity index is 2.26. The van der Waals surface area contributed by atoms with Crippen molar-refractivity contribution in [3.8, 4) is 5.69 Å². The average molecular weight is 404 g/mol. The van der Waals surface area contributed by atoms with Crippen LogP contribution >= 0.6 is 0 Å². The number of hydrogen-bond acceptors (Lipinski definition) is 8. The van der Waals surface area contributed by atoms with Crippen molar-refractivity contribution in [2.24, 2.45) is 10.2 Å². The number of rotatable bonds is 7. The summed E-state index contributed by atoms with van der Waals surface area (Å²) in [4.78, 5) is 12.2. The first-order valence-electron chi connectivity index (χ1n) is 7.11. The Hall–Kier alpha value is -2.35. The summed E-state index contributed by atoms with van der Waals surface area (Å²) < 4.78 is 58.8. The van der Waals surface area contributed by atoms with Crippen LogP contribution in [0.2, 0.25) is 0 Å². The zero-order valence-corrected chi connectivity index (χ0v) is 15.4. The maximum absolute atomic E-state index is 12.3.